The van der Waals surface area contributed by atoms with Crippen LogP contribution in [-0.2, 0) is 4.79 Å². The van der Waals surface area contributed by atoms with Gasteiger partial charge in [-0.3, -0.25) is 14.7 Å². The van der Waals surface area contributed by atoms with Crippen molar-refractivity contribution < 1.29 is 19.1 Å². The number of ether oxygens (including phenoxy) is 2. The highest BCUT2D eigenvalue weighted by molar-refractivity contribution is 5.94. The summed E-state index contributed by atoms with van der Waals surface area (Å²) < 4.78 is 10.3. The molecule has 4 aromatic rings. The number of anilines is 3. The van der Waals surface area contributed by atoms with E-state index in [1.807, 2.05) is 48.5 Å². The first-order chi connectivity index (χ1) is 17.5. The minimum absolute atomic E-state index is 0.134. The first kappa shape index (κ1) is 24.5. The number of carbonyl (C=O) groups excluding carboxylic acids is 2. The molecule has 186 valence electrons. The van der Waals surface area contributed by atoms with Crippen molar-refractivity contribution in [3.63, 3.8) is 0 Å². The van der Waals surface area contributed by atoms with Gasteiger partial charge in [-0.25, -0.2) is 4.98 Å². The number of fused-ring (bicyclic) bond motifs is 1. The fourth-order valence-electron chi connectivity index (χ4n) is 3.40. The number of nitrogens with zero attached hydrogens (tertiary/aromatic N) is 2. The van der Waals surface area contributed by atoms with Crippen LogP contribution in [0.5, 0.6) is 11.6 Å². The summed E-state index contributed by atoms with van der Waals surface area (Å²) in [4.78, 5) is 27.2. The van der Waals surface area contributed by atoms with E-state index in [2.05, 4.69) is 31.1 Å². The maximum atomic E-state index is 11.6. The fraction of sp³-hybridized carbons (Fsp3) is 0.231. The minimum Gasteiger partial charge on any atom is -0.497 e. The third-order valence-electron chi connectivity index (χ3n) is 5.54. The molecule has 1 aliphatic carbocycles. The lowest BCUT2D eigenvalue weighted by atomic mass is 10.2. The highest BCUT2D eigenvalue weighted by Crippen LogP contribution is 2.30. The zero-order valence-electron chi connectivity index (χ0n) is 20.3. The van der Waals surface area contributed by atoms with Crippen LogP contribution in [0.25, 0.3) is 10.9 Å². The molecule has 0 atom stereocenters. The molecule has 5 rings (SSSR count). The second kappa shape index (κ2) is 11.2. The van der Waals surface area contributed by atoms with Gasteiger partial charge in [0.05, 0.1) is 19.7 Å². The largest absolute Gasteiger partial charge is 0.497 e. The van der Waals surface area contributed by atoms with Crippen LogP contribution in [0.15, 0.2) is 60.7 Å². The van der Waals surface area contributed by atoms with Crippen LogP contribution < -0.4 is 25.4 Å². The highest BCUT2D eigenvalue weighted by atomic mass is 16.5. The van der Waals surface area contributed by atoms with Crippen molar-refractivity contribution in [3.05, 3.63) is 66.4 Å². The molecule has 1 fully saturated rings. The van der Waals surface area contributed by atoms with Gasteiger partial charge in [0.15, 0.2) is 5.82 Å². The second-order valence-electron chi connectivity index (χ2n) is 8.07. The number of hydrogen-bond donors (Lipinski definition) is 4. The zero-order valence-corrected chi connectivity index (χ0v) is 20.3. The molecule has 2 aromatic heterocycles. The number of benzene rings is 2. The first-order valence-electron chi connectivity index (χ1n) is 11.4. The summed E-state index contributed by atoms with van der Waals surface area (Å²) in [5.41, 5.74) is 2.69. The fourth-order valence-corrected chi connectivity index (χ4v) is 3.40. The molecule has 10 nitrogen and oxygen atoms in total. The van der Waals surface area contributed by atoms with Gasteiger partial charge in [0.1, 0.15) is 17.1 Å². The van der Waals surface area contributed by atoms with Crippen molar-refractivity contribution in [2.75, 3.05) is 31.9 Å². The van der Waals surface area contributed by atoms with Crippen molar-refractivity contribution in [2.24, 2.45) is 5.92 Å². The van der Waals surface area contributed by atoms with Crippen molar-refractivity contribution in [3.8, 4) is 11.6 Å². The van der Waals surface area contributed by atoms with Crippen molar-refractivity contribution in [2.45, 2.75) is 12.8 Å². The molecular formula is C26H28N6O4. The molecule has 0 radical (unpaired) electrons. The van der Waals surface area contributed by atoms with E-state index in [-0.39, 0.29) is 23.4 Å². The maximum absolute atomic E-state index is 11.6. The van der Waals surface area contributed by atoms with Crippen molar-refractivity contribution in [1.29, 1.82) is 0 Å². The third-order valence-corrected chi connectivity index (χ3v) is 5.54. The predicted molar refractivity (Wildman–Crippen MR) is 138 cm³/mol. The summed E-state index contributed by atoms with van der Waals surface area (Å²) in [5, 5.41) is 16.7. The lowest BCUT2D eigenvalue weighted by molar-refractivity contribution is -0.117. The summed E-state index contributed by atoms with van der Waals surface area (Å²) in [5.74, 6) is 1.91. The van der Waals surface area contributed by atoms with Gasteiger partial charge in [-0.1, -0.05) is 12.1 Å². The quantitative estimate of drug-likeness (QED) is 0.308. The molecule has 0 aliphatic heterocycles. The molecule has 36 heavy (non-hydrogen) atoms. The van der Waals surface area contributed by atoms with E-state index < -0.39 is 0 Å². The average molecular weight is 489 g/mol. The molecule has 1 aliphatic rings. The van der Waals surface area contributed by atoms with Crippen LogP contribution in [0.1, 0.15) is 23.3 Å². The van der Waals surface area contributed by atoms with E-state index in [4.69, 9.17) is 9.47 Å². The van der Waals surface area contributed by atoms with Crippen LogP contribution in [0.3, 0.4) is 0 Å². The molecule has 0 spiro atoms. The van der Waals surface area contributed by atoms with Crippen LogP contribution in [0.2, 0.25) is 0 Å². The van der Waals surface area contributed by atoms with Gasteiger partial charge in [-0.15, -0.1) is 0 Å². The Balaban J connectivity index is 0.000000187. The Morgan fingerprint density at radius 3 is 2.39 bits per heavy atom. The van der Waals surface area contributed by atoms with Crippen LogP contribution >= 0.6 is 0 Å². The molecule has 0 saturated heterocycles. The van der Waals surface area contributed by atoms with E-state index in [1.54, 1.807) is 26.3 Å². The van der Waals surface area contributed by atoms with Gasteiger partial charge in [0.2, 0.25) is 11.8 Å². The number of hydrogen-bond acceptors (Lipinski definition) is 7. The number of methoxy groups -OCH3 is 2. The Labute approximate surface area is 208 Å². The predicted octanol–water partition coefficient (Wildman–Crippen LogP) is 4.11. The number of rotatable bonds is 7. The van der Waals surface area contributed by atoms with Gasteiger partial charge >= 0.3 is 0 Å². The standard InChI is InChI=1S/C15H15N5O2.C11H13NO2/c1-16-14(21)11-7-8-12(15(18-11)22-2)17-13-9-5-3-4-6-10(9)19-20-13;1-14-10-6-4-9(5-7-10)12-11(13)8-2-3-8/h3-8H,1-2H3,(H,16,21)(H2,17,19,20);4-8H,2-3H2,1H3,(H,12,13). The second-order valence-corrected chi connectivity index (χ2v) is 8.07. The lowest BCUT2D eigenvalue weighted by Crippen LogP contribution is -2.19. The number of pyridine rings is 1. The summed E-state index contributed by atoms with van der Waals surface area (Å²) in [7, 11) is 4.68. The number of H-pyrrole nitrogens is 1. The smallest absolute Gasteiger partial charge is 0.269 e. The van der Waals surface area contributed by atoms with E-state index in [9.17, 15) is 9.59 Å². The number of carbonyl (C=O) groups is 2. The Morgan fingerprint density at radius 2 is 1.72 bits per heavy atom. The molecule has 2 aromatic carbocycles. The average Bonchev–Trinajstić information content (AvgIpc) is 3.71. The minimum atomic E-state index is -0.268. The summed E-state index contributed by atoms with van der Waals surface area (Å²) in [6.07, 6.45) is 2.06. The van der Waals surface area contributed by atoms with Crippen molar-refractivity contribution in [1.82, 2.24) is 20.5 Å². The third kappa shape index (κ3) is 5.90. The molecule has 2 amide bonds. The van der Waals surface area contributed by atoms with E-state index in [0.717, 1.165) is 35.2 Å². The van der Waals surface area contributed by atoms with Gasteiger partial charge in [0, 0.05) is 24.0 Å². The van der Waals surface area contributed by atoms with E-state index >= 15 is 0 Å². The molecule has 0 unspecified atom stereocenters. The number of amides is 2. The first-order valence-corrected chi connectivity index (χ1v) is 11.4. The Bertz CT molecular complexity index is 1350. The van der Waals surface area contributed by atoms with Gasteiger partial charge in [-0.05, 0) is 61.4 Å². The Morgan fingerprint density at radius 1 is 0.972 bits per heavy atom. The van der Waals surface area contributed by atoms with Crippen LogP contribution in [-0.4, -0.2) is 48.3 Å². The lowest BCUT2D eigenvalue weighted by Gasteiger charge is -2.10. The number of nitrogens with one attached hydrogen (secondary N) is 4. The topological polar surface area (TPSA) is 130 Å². The van der Waals surface area contributed by atoms with Gasteiger partial charge in [-0.2, -0.15) is 5.10 Å². The number of aromatic nitrogens is 3. The zero-order chi connectivity index (χ0) is 25.5. The maximum Gasteiger partial charge on any atom is 0.269 e. The Kier molecular flexibility index (Phi) is 7.64. The molecule has 1 saturated carbocycles. The SMILES string of the molecule is CNC(=O)c1ccc(Nc2n[nH]c3ccccc23)c(OC)n1.COc1ccc(NC(=O)C2CC2)cc1. The van der Waals surface area contributed by atoms with Gasteiger partial charge < -0.3 is 25.4 Å². The highest BCUT2D eigenvalue weighted by Gasteiger charge is 2.29. The normalized spacial score (nSPS) is 12.2. The number of aromatic amines is 1. The van der Waals surface area contributed by atoms with E-state index in [0.29, 0.717) is 17.4 Å². The van der Waals surface area contributed by atoms with Crippen LogP contribution in [0.4, 0.5) is 17.2 Å². The molecule has 2 heterocycles. The van der Waals surface area contributed by atoms with Gasteiger partial charge in [0.25, 0.3) is 5.91 Å². The number of para-hydroxylation sites is 1. The molecule has 4 N–H and O–H groups in total. The van der Waals surface area contributed by atoms with Crippen LogP contribution in [0, 0.1) is 5.92 Å². The summed E-state index contributed by atoms with van der Waals surface area (Å²) in [6.45, 7) is 0. The monoisotopic (exact) mass is 488 g/mol. The Hall–Kier alpha value is -4.60. The molecule has 10 heteroatoms. The molecular weight excluding hydrogens is 460 g/mol. The van der Waals surface area contributed by atoms with Crippen molar-refractivity contribution >= 4 is 39.9 Å². The summed E-state index contributed by atoms with van der Waals surface area (Å²) in [6, 6.07) is 18.5. The summed E-state index contributed by atoms with van der Waals surface area (Å²) >= 11 is 0. The molecule has 0 bridgehead atoms. The van der Waals surface area contributed by atoms with E-state index in [1.165, 1.54) is 7.11 Å².